The number of carbonyl (C=O) groups is 3. The summed E-state index contributed by atoms with van der Waals surface area (Å²) in [6, 6.07) is 6.45. The van der Waals surface area contributed by atoms with E-state index in [0.717, 1.165) is 5.56 Å². The largest absolute Gasteiger partial charge is 0.480 e. The molecule has 0 aliphatic rings. The molecule has 0 fully saturated rings. The van der Waals surface area contributed by atoms with E-state index in [0.29, 0.717) is 37.8 Å². The summed E-state index contributed by atoms with van der Waals surface area (Å²) >= 11 is 0. The number of carboxylic acid groups (broad SMARTS) is 1. The first-order valence-corrected chi connectivity index (χ1v) is 8.42. The predicted octanol–water partition coefficient (Wildman–Crippen LogP) is 0.923. The molecular weight excluding hydrogens is 322 g/mol. The maximum atomic E-state index is 12.2. The van der Waals surface area contributed by atoms with Gasteiger partial charge in [-0.05, 0) is 44.4 Å². The molecule has 0 aromatic heterocycles. The molecule has 0 radical (unpaired) electrons. The molecule has 1 aromatic rings. The van der Waals surface area contributed by atoms with Crippen LogP contribution in [0, 0.1) is 5.92 Å². The molecule has 138 valence electrons. The Hall–Kier alpha value is -2.41. The molecule has 0 saturated carbocycles. The average Bonchev–Trinajstić information content (AvgIpc) is 2.57. The third-order valence-corrected chi connectivity index (χ3v) is 4.12. The number of unbranched alkanes of at least 4 members (excludes halogenated alkanes) is 1. The molecule has 7 heteroatoms. The van der Waals surface area contributed by atoms with Crippen molar-refractivity contribution in [2.24, 2.45) is 11.7 Å². The summed E-state index contributed by atoms with van der Waals surface area (Å²) in [4.78, 5) is 34.5. The number of hydrogen-bond donors (Lipinski definition) is 4. The van der Waals surface area contributed by atoms with E-state index in [-0.39, 0.29) is 11.8 Å². The summed E-state index contributed by atoms with van der Waals surface area (Å²) in [5.41, 5.74) is 6.55. The maximum absolute atomic E-state index is 12.2. The highest BCUT2D eigenvalue weighted by Crippen LogP contribution is 2.14. The quantitative estimate of drug-likeness (QED) is 0.443. The van der Waals surface area contributed by atoms with Gasteiger partial charge in [0, 0.05) is 18.0 Å². The Morgan fingerprint density at radius 1 is 1.20 bits per heavy atom. The van der Waals surface area contributed by atoms with Crippen LogP contribution >= 0.6 is 0 Å². The van der Waals surface area contributed by atoms with Crippen LogP contribution in [-0.2, 0) is 16.0 Å². The van der Waals surface area contributed by atoms with Crippen molar-refractivity contribution in [1.82, 2.24) is 10.6 Å². The monoisotopic (exact) mass is 349 g/mol. The van der Waals surface area contributed by atoms with Crippen molar-refractivity contribution < 1.29 is 19.5 Å². The van der Waals surface area contributed by atoms with Gasteiger partial charge in [-0.1, -0.05) is 25.1 Å². The minimum Gasteiger partial charge on any atom is -0.480 e. The molecule has 7 nitrogen and oxygen atoms in total. The summed E-state index contributed by atoms with van der Waals surface area (Å²) < 4.78 is 0. The highest BCUT2D eigenvalue weighted by molar-refractivity contribution is 5.94. The van der Waals surface area contributed by atoms with Gasteiger partial charge in [0.25, 0.3) is 0 Å². The van der Waals surface area contributed by atoms with E-state index in [4.69, 9.17) is 10.8 Å². The number of primary amides is 1. The first-order valence-electron chi connectivity index (χ1n) is 8.42. The zero-order chi connectivity index (χ0) is 18.8. The van der Waals surface area contributed by atoms with Gasteiger partial charge in [-0.25, -0.2) is 0 Å². The zero-order valence-corrected chi connectivity index (χ0v) is 14.7. The van der Waals surface area contributed by atoms with Crippen molar-refractivity contribution in [3.05, 3.63) is 35.4 Å². The van der Waals surface area contributed by atoms with Crippen LogP contribution in [0.4, 0.5) is 0 Å². The first kappa shape index (κ1) is 20.6. The fourth-order valence-electron chi connectivity index (χ4n) is 2.61. The highest BCUT2D eigenvalue weighted by atomic mass is 16.4. The van der Waals surface area contributed by atoms with Crippen LogP contribution in [0.2, 0.25) is 0 Å². The van der Waals surface area contributed by atoms with Crippen molar-refractivity contribution in [3.63, 3.8) is 0 Å². The third-order valence-electron chi connectivity index (χ3n) is 4.12. The molecule has 0 bridgehead atoms. The van der Waals surface area contributed by atoms with Crippen LogP contribution in [0.25, 0.3) is 0 Å². The van der Waals surface area contributed by atoms with Gasteiger partial charge in [-0.3, -0.25) is 14.4 Å². The molecular formula is C18H27N3O4. The molecule has 25 heavy (non-hydrogen) atoms. The topological polar surface area (TPSA) is 122 Å². The van der Waals surface area contributed by atoms with Gasteiger partial charge in [-0.2, -0.15) is 0 Å². The predicted molar refractivity (Wildman–Crippen MR) is 95.2 cm³/mol. The highest BCUT2D eigenvalue weighted by Gasteiger charge is 2.17. The van der Waals surface area contributed by atoms with Gasteiger partial charge >= 0.3 is 5.97 Å². The van der Waals surface area contributed by atoms with Crippen molar-refractivity contribution in [2.45, 2.75) is 38.6 Å². The number of benzene rings is 1. The number of carbonyl (C=O) groups excluding carboxylic acids is 2. The molecule has 1 rings (SSSR count). The lowest BCUT2D eigenvalue weighted by atomic mass is 9.96. The van der Waals surface area contributed by atoms with E-state index in [2.05, 4.69) is 10.6 Å². The zero-order valence-electron chi connectivity index (χ0n) is 14.7. The van der Waals surface area contributed by atoms with Gasteiger partial charge in [0.15, 0.2) is 0 Å². The number of nitrogens with two attached hydrogens (primary N) is 1. The van der Waals surface area contributed by atoms with E-state index in [1.165, 1.54) is 0 Å². The Balaban J connectivity index is 2.38. The van der Waals surface area contributed by atoms with Gasteiger partial charge in [0.05, 0.1) is 0 Å². The molecule has 5 N–H and O–H groups in total. The Bertz CT molecular complexity index is 604. The first-order chi connectivity index (χ1) is 11.9. The minimum absolute atomic E-state index is 0.0947. The van der Waals surface area contributed by atoms with Gasteiger partial charge < -0.3 is 21.5 Å². The maximum Gasteiger partial charge on any atom is 0.320 e. The van der Waals surface area contributed by atoms with Crippen molar-refractivity contribution >= 4 is 17.8 Å². The number of aliphatic carboxylic acids is 1. The van der Waals surface area contributed by atoms with Crippen molar-refractivity contribution in [1.29, 1.82) is 0 Å². The van der Waals surface area contributed by atoms with Crippen LogP contribution in [0.5, 0.6) is 0 Å². The van der Waals surface area contributed by atoms with E-state index in [9.17, 15) is 14.4 Å². The van der Waals surface area contributed by atoms with E-state index >= 15 is 0 Å². The lowest BCUT2D eigenvalue weighted by molar-refractivity contribution is -0.139. The molecule has 2 amide bonds. The Morgan fingerprint density at radius 2 is 1.88 bits per heavy atom. The summed E-state index contributed by atoms with van der Waals surface area (Å²) in [6.07, 6.45) is 2.37. The standard InChI is InChI=1S/C18H27N3O4/c1-12(11-13-7-3-4-8-14(13)16(19)22)17(23)21-10-6-5-9-15(20-2)18(24)25/h3-4,7-8,12,15,20H,5-6,9-11H2,1-2H3,(H2,19,22)(H,21,23)(H,24,25)/t12-,15+/m1/s1. The molecule has 0 aliphatic carbocycles. The van der Waals surface area contributed by atoms with Crippen molar-refractivity contribution in [2.75, 3.05) is 13.6 Å². The molecule has 0 aliphatic heterocycles. The van der Waals surface area contributed by atoms with Gasteiger partial charge in [0.2, 0.25) is 11.8 Å². The number of likely N-dealkylation sites (N-methyl/N-ethyl adjacent to an activating group) is 1. The second kappa shape index (κ2) is 10.5. The third kappa shape index (κ3) is 6.93. The van der Waals surface area contributed by atoms with Crippen LogP contribution < -0.4 is 16.4 Å². The molecule has 0 spiro atoms. The fourth-order valence-corrected chi connectivity index (χ4v) is 2.61. The normalized spacial score (nSPS) is 13.0. The van der Waals surface area contributed by atoms with Crippen LogP contribution in [0.3, 0.4) is 0 Å². The van der Waals surface area contributed by atoms with Gasteiger partial charge in [0.1, 0.15) is 6.04 Å². The minimum atomic E-state index is -0.867. The lowest BCUT2D eigenvalue weighted by Gasteiger charge is -2.14. The smallest absolute Gasteiger partial charge is 0.320 e. The molecule has 0 unspecified atom stereocenters. The Morgan fingerprint density at radius 3 is 2.48 bits per heavy atom. The number of nitrogens with one attached hydrogen (secondary N) is 2. The fraction of sp³-hybridized carbons (Fsp3) is 0.500. The van der Waals surface area contributed by atoms with Gasteiger partial charge in [-0.15, -0.1) is 0 Å². The average molecular weight is 349 g/mol. The molecule has 0 heterocycles. The summed E-state index contributed by atoms with van der Waals surface area (Å²) in [5.74, 6) is -1.75. The summed E-state index contributed by atoms with van der Waals surface area (Å²) in [6.45, 7) is 2.30. The molecule has 0 saturated heterocycles. The van der Waals surface area contributed by atoms with Crippen LogP contribution in [0.15, 0.2) is 24.3 Å². The van der Waals surface area contributed by atoms with E-state index < -0.39 is 17.9 Å². The van der Waals surface area contributed by atoms with Crippen molar-refractivity contribution in [3.8, 4) is 0 Å². The summed E-state index contributed by atoms with van der Waals surface area (Å²) in [5, 5.41) is 14.5. The molecule has 2 atom stereocenters. The number of amides is 2. The SMILES string of the molecule is CN[C@@H](CCCCNC(=O)[C@H](C)Cc1ccccc1C(N)=O)C(=O)O. The van der Waals surface area contributed by atoms with E-state index in [1.54, 1.807) is 32.2 Å². The van der Waals surface area contributed by atoms with Crippen LogP contribution in [0.1, 0.15) is 42.1 Å². The summed E-state index contributed by atoms with van der Waals surface area (Å²) in [7, 11) is 1.62. The van der Waals surface area contributed by atoms with Crippen LogP contribution in [-0.4, -0.2) is 42.5 Å². The Labute approximate surface area is 148 Å². The second-order valence-corrected chi connectivity index (χ2v) is 6.09. The number of rotatable bonds is 11. The van der Waals surface area contributed by atoms with E-state index in [1.807, 2.05) is 6.07 Å². The number of carboxylic acids is 1. The Kier molecular flexibility index (Phi) is 8.63. The lowest BCUT2D eigenvalue weighted by Crippen LogP contribution is -2.34. The molecule has 1 aromatic carbocycles. The number of hydrogen-bond acceptors (Lipinski definition) is 4. The second-order valence-electron chi connectivity index (χ2n) is 6.09.